The quantitative estimate of drug-likeness (QED) is 0.564. The highest BCUT2D eigenvalue weighted by Crippen LogP contribution is 2.25. The molecule has 2 N–H and O–H groups in total. The van der Waals surface area contributed by atoms with Crippen LogP contribution in [-0.4, -0.2) is 18.6 Å². The second kappa shape index (κ2) is 9.80. The van der Waals surface area contributed by atoms with Crippen molar-refractivity contribution in [3.63, 3.8) is 0 Å². The van der Waals surface area contributed by atoms with Crippen molar-refractivity contribution < 1.29 is 18.3 Å². The standard InChI is InChI=1S/C23H22F2N2O2/c1-16(22(28)27-19-10-6-3-7-11-19)26-21(17-8-4-2-5-9-17)18-12-14-20(15-13-18)29-23(24)25/h2-16,21,23,26H,1H3,(H,27,28)/t16-,21+/m1/s1. The van der Waals surface area contributed by atoms with Gasteiger partial charge in [0.25, 0.3) is 0 Å². The maximum absolute atomic E-state index is 12.6. The van der Waals surface area contributed by atoms with Gasteiger partial charge in [0.1, 0.15) is 5.75 Å². The molecule has 2 atom stereocenters. The van der Waals surface area contributed by atoms with E-state index < -0.39 is 12.7 Å². The maximum Gasteiger partial charge on any atom is 0.387 e. The third-order valence-electron chi connectivity index (χ3n) is 4.42. The van der Waals surface area contributed by atoms with Crippen LogP contribution in [-0.2, 0) is 4.79 Å². The van der Waals surface area contributed by atoms with Crippen LogP contribution in [0.3, 0.4) is 0 Å². The minimum Gasteiger partial charge on any atom is -0.435 e. The summed E-state index contributed by atoms with van der Waals surface area (Å²) in [6, 6.07) is 24.5. The Morgan fingerprint density at radius 2 is 1.38 bits per heavy atom. The number of nitrogens with one attached hydrogen (secondary N) is 2. The van der Waals surface area contributed by atoms with E-state index in [1.54, 1.807) is 19.1 Å². The fourth-order valence-corrected chi connectivity index (χ4v) is 2.97. The van der Waals surface area contributed by atoms with Gasteiger partial charge in [0.15, 0.2) is 0 Å². The lowest BCUT2D eigenvalue weighted by atomic mass is 9.97. The molecule has 0 heterocycles. The zero-order chi connectivity index (χ0) is 20.6. The molecule has 0 saturated heterocycles. The van der Waals surface area contributed by atoms with Gasteiger partial charge >= 0.3 is 6.61 Å². The smallest absolute Gasteiger partial charge is 0.387 e. The topological polar surface area (TPSA) is 50.4 Å². The van der Waals surface area contributed by atoms with Crippen molar-refractivity contribution in [2.24, 2.45) is 0 Å². The molecule has 0 aliphatic rings. The molecular weight excluding hydrogens is 374 g/mol. The highest BCUT2D eigenvalue weighted by Gasteiger charge is 2.21. The Morgan fingerprint density at radius 1 is 0.828 bits per heavy atom. The number of alkyl halides is 2. The average molecular weight is 396 g/mol. The number of anilines is 1. The molecule has 0 aliphatic carbocycles. The maximum atomic E-state index is 12.6. The second-order valence-electron chi connectivity index (χ2n) is 6.53. The second-order valence-corrected chi connectivity index (χ2v) is 6.53. The van der Waals surface area contributed by atoms with Gasteiger partial charge in [-0.25, -0.2) is 0 Å². The van der Waals surface area contributed by atoms with Gasteiger partial charge in [0, 0.05) is 5.69 Å². The molecule has 29 heavy (non-hydrogen) atoms. The van der Waals surface area contributed by atoms with E-state index in [0.29, 0.717) is 0 Å². The molecule has 3 aromatic carbocycles. The predicted molar refractivity (Wildman–Crippen MR) is 109 cm³/mol. The summed E-state index contributed by atoms with van der Waals surface area (Å²) in [5.41, 5.74) is 2.50. The first-order valence-corrected chi connectivity index (χ1v) is 9.24. The Morgan fingerprint density at radius 3 is 1.97 bits per heavy atom. The molecule has 150 valence electrons. The molecule has 4 nitrogen and oxygen atoms in total. The van der Waals surface area contributed by atoms with Crippen molar-refractivity contribution in [2.45, 2.75) is 25.6 Å². The lowest BCUT2D eigenvalue weighted by Crippen LogP contribution is -2.40. The van der Waals surface area contributed by atoms with E-state index in [4.69, 9.17) is 0 Å². The monoisotopic (exact) mass is 396 g/mol. The fourth-order valence-electron chi connectivity index (χ4n) is 2.97. The van der Waals surface area contributed by atoms with Crippen molar-refractivity contribution in [2.75, 3.05) is 5.32 Å². The summed E-state index contributed by atoms with van der Waals surface area (Å²) in [6.07, 6.45) is 0. The van der Waals surface area contributed by atoms with E-state index in [-0.39, 0.29) is 17.7 Å². The van der Waals surface area contributed by atoms with Gasteiger partial charge < -0.3 is 10.1 Å². The number of ether oxygens (including phenoxy) is 1. The number of carbonyl (C=O) groups excluding carboxylic acids is 1. The largest absolute Gasteiger partial charge is 0.435 e. The van der Waals surface area contributed by atoms with Crippen LogP contribution in [0.15, 0.2) is 84.9 Å². The fraction of sp³-hybridized carbons (Fsp3) is 0.174. The van der Waals surface area contributed by atoms with Gasteiger partial charge in [-0.1, -0.05) is 60.7 Å². The van der Waals surface area contributed by atoms with Crippen molar-refractivity contribution in [1.82, 2.24) is 5.32 Å². The SMILES string of the molecule is C[C@@H](N[C@@H](c1ccccc1)c1ccc(OC(F)F)cc1)C(=O)Nc1ccccc1. The van der Waals surface area contributed by atoms with Gasteiger partial charge in [-0.3, -0.25) is 10.1 Å². The summed E-state index contributed by atoms with van der Waals surface area (Å²) in [7, 11) is 0. The molecule has 0 radical (unpaired) electrons. The minimum absolute atomic E-state index is 0.0884. The number of halogens is 2. The minimum atomic E-state index is -2.87. The van der Waals surface area contributed by atoms with Crippen LogP contribution < -0.4 is 15.4 Å². The molecule has 3 aromatic rings. The zero-order valence-electron chi connectivity index (χ0n) is 15.9. The van der Waals surface area contributed by atoms with E-state index in [2.05, 4.69) is 15.4 Å². The van der Waals surface area contributed by atoms with Crippen molar-refractivity contribution in [3.8, 4) is 5.75 Å². The van der Waals surface area contributed by atoms with Crippen LogP contribution in [0.2, 0.25) is 0 Å². The Balaban J connectivity index is 1.78. The van der Waals surface area contributed by atoms with E-state index in [1.807, 2.05) is 60.7 Å². The molecule has 0 spiro atoms. The number of carbonyl (C=O) groups is 1. The number of para-hydroxylation sites is 1. The number of hydrogen-bond acceptors (Lipinski definition) is 3. The van der Waals surface area contributed by atoms with Crippen LogP contribution in [0.5, 0.6) is 5.75 Å². The molecule has 1 amide bonds. The van der Waals surface area contributed by atoms with E-state index in [9.17, 15) is 13.6 Å². The van der Waals surface area contributed by atoms with E-state index >= 15 is 0 Å². The first-order chi connectivity index (χ1) is 14.0. The molecule has 0 saturated carbocycles. The summed E-state index contributed by atoms with van der Waals surface area (Å²) in [5, 5.41) is 6.20. The van der Waals surface area contributed by atoms with E-state index in [0.717, 1.165) is 16.8 Å². The van der Waals surface area contributed by atoms with E-state index in [1.165, 1.54) is 12.1 Å². The van der Waals surface area contributed by atoms with Gasteiger partial charge in [-0.15, -0.1) is 0 Å². The first-order valence-electron chi connectivity index (χ1n) is 9.24. The highest BCUT2D eigenvalue weighted by atomic mass is 19.3. The van der Waals surface area contributed by atoms with Gasteiger partial charge in [0.2, 0.25) is 5.91 Å². The van der Waals surface area contributed by atoms with Crippen LogP contribution >= 0.6 is 0 Å². The Labute approximate surface area is 168 Å². The lowest BCUT2D eigenvalue weighted by Gasteiger charge is -2.24. The molecule has 0 aliphatic heterocycles. The molecule has 3 rings (SSSR count). The summed E-state index contributed by atoms with van der Waals surface area (Å²) < 4.78 is 29.2. The summed E-state index contributed by atoms with van der Waals surface area (Å²) in [4.78, 5) is 12.6. The molecule has 0 aromatic heterocycles. The van der Waals surface area contributed by atoms with Crippen LogP contribution in [0.4, 0.5) is 14.5 Å². The van der Waals surface area contributed by atoms with Crippen LogP contribution in [0.1, 0.15) is 24.1 Å². The van der Waals surface area contributed by atoms with Gasteiger partial charge in [-0.2, -0.15) is 8.78 Å². The third-order valence-corrected chi connectivity index (χ3v) is 4.42. The number of hydrogen-bond donors (Lipinski definition) is 2. The summed E-state index contributed by atoms with van der Waals surface area (Å²) in [6.45, 7) is -1.09. The van der Waals surface area contributed by atoms with Crippen molar-refractivity contribution >= 4 is 11.6 Å². The number of rotatable bonds is 8. The Kier molecular flexibility index (Phi) is 6.92. The van der Waals surface area contributed by atoms with Crippen LogP contribution in [0.25, 0.3) is 0 Å². The Bertz CT molecular complexity index is 903. The first kappa shape index (κ1) is 20.5. The molecule has 0 unspecified atom stereocenters. The van der Waals surface area contributed by atoms with Crippen molar-refractivity contribution in [3.05, 3.63) is 96.1 Å². The van der Waals surface area contributed by atoms with Crippen molar-refractivity contribution in [1.29, 1.82) is 0 Å². The normalized spacial score (nSPS) is 13.0. The molecule has 0 fully saturated rings. The van der Waals surface area contributed by atoms with Crippen LogP contribution in [0, 0.1) is 0 Å². The zero-order valence-corrected chi connectivity index (χ0v) is 15.9. The average Bonchev–Trinajstić information content (AvgIpc) is 2.73. The Hall–Kier alpha value is -3.25. The highest BCUT2D eigenvalue weighted by molar-refractivity contribution is 5.94. The summed E-state index contributed by atoms with van der Waals surface area (Å²) >= 11 is 0. The summed E-state index contributed by atoms with van der Waals surface area (Å²) in [5.74, 6) is -0.0831. The lowest BCUT2D eigenvalue weighted by molar-refractivity contribution is -0.117. The predicted octanol–water partition coefficient (Wildman–Crippen LogP) is 4.99. The number of benzene rings is 3. The van der Waals surface area contributed by atoms with Gasteiger partial charge in [0.05, 0.1) is 12.1 Å². The molecule has 6 heteroatoms. The van der Waals surface area contributed by atoms with Gasteiger partial charge in [-0.05, 0) is 42.3 Å². The number of amides is 1. The third kappa shape index (κ3) is 5.86. The molecular formula is C23H22F2N2O2. The molecule has 0 bridgehead atoms.